The molecule has 0 aromatic heterocycles. The Hall–Kier alpha value is -1.59. The van der Waals surface area contributed by atoms with Gasteiger partial charge < -0.3 is 15.8 Å². The normalized spacial score (nSPS) is 22.8. The fourth-order valence-corrected chi connectivity index (χ4v) is 2.79. The third-order valence-electron chi connectivity index (χ3n) is 3.97. The summed E-state index contributed by atoms with van der Waals surface area (Å²) in [5.74, 6) is 1.20. The summed E-state index contributed by atoms with van der Waals surface area (Å²) in [6.07, 6.45) is 1.10. The molecule has 2 unspecified atom stereocenters. The number of benzene rings is 1. The van der Waals surface area contributed by atoms with Crippen LogP contribution in [0.4, 0.5) is 5.69 Å². The number of anilines is 1. The van der Waals surface area contributed by atoms with E-state index in [0.717, 1.165) is 13.0 Å². The molecule has 1 aliphatic rings. The van der Waals surface area contributed by atoms with Crippen LogP contribution >= 0.6 is 0 Å². The molecule has 0 bridgehead atoms. The highest BCUT2D eigenvalue weighted by molar-refractivity contribution is 5.93. The molecule has 5 heteroatoms. The highest BCUT2D eigenvalue weighted by Crippen LogP contribution is 2.25. The molecule has 20 heavy (non-hydrogen) atoms. The van der Waals surface area contributed by atoms with Gasteiger partial charge in [-0.15, -0.1) is 0 Å². The van der Waals surface area contributed by atoms with Crippen LogP contribution in [0.3, 0.4) is 0 Å². The zero-order chi connectivity index (χ0) is 14.5. The zero-order valence-corrected chi connectivity index (χ0v) is 12.1. The molecule has 0 radical (unpaired) electrons. The predicted octanol–water partition coefficient (Wildman–Crippen LogP) is 1.30. The minimum atomic E-state index is -0.0259. The number of nitrogens with one attached hydrogen (secondary N) is 1. The van der Waals surface area contributed by atoms with Crippen molar-refractivity contribution in [3.05, 3.63) is 24.3 Å². The average Bonchev–Trinajstić information content (AvgIpc) is 2.79. The minimum absolute atomic E-state index is 0.0259. The SMILES string of the molecule is COc1ccccc1NC(=O)CN1CCC(C)C1CN. The van der Waals surface area contributed by atoms with E-state index in [1.807, 2.05) is 24.3 Å². The summed E-state index contributed by atoms with van der Waals surface area (Å²) in [5, 5.41) is 2.90. The van der Waals surface area contributed by atoms with E-state index in [1.165, 1.54) is 0 Å². The summed E-state index contributed by atoms with van der Waals surface area (Å²) in [6, 6.07) is 7.72. The van der Waals surface area contributed by atoms with Crippen LogP contribution in [-0.4, -0.2) is 43.6 Å². The number of carbonyl (C=O) groups is 1. The number of carbonyl (C=O) groups excluding carboxylic acids is 1. The van der Waals surface area contributed by atoms with E-state index in [-0.39, 0.29) is 5.91 Å². The van der Waals surface area contributed by atoms with Crippen LogP contribution in [0.1, 0.15) is 13.3 Å². The Balaban J connectivity index is 1.96. The molecular formula is C15H23N3O2. The summed E-state index contributed by atoms with van der Waals surface area (Å²) < 4.78 is 5.23. The smallest absolute Gasteiger partial charge is 0.238 e. The second kappa shape index (κ2) is 6.72. The molecule has 1 aromatic rings. The fourth-order valence-electron chi connectivity index (χ4n) is 2.79. The van der Waals surface area contributed by atoms with E-state index in [1.54, 1.807) is 7.11 Å². The summed E-state index contributed by atoms with van der Waals surface area (Å²) in [5.41, 5.74) is 6.50. The van der Waals surface area contributed by atoms with Gasteiger partial charge in [-0.05, 0) is 31.0 Å². The van der Waals surface area contributed by atoms with Crippen LogP contribution in [0.15, 0.2) is 24.3 Å². The summed E-state index contributed by atoms with van der Waals surface area (Å²) in [7, 11) is 1.59. The molecule has 110 valence electrons. The Morgan fingerprint density at radius 2 is 2.25 bits per heavy atom. The third-order valence-corrected chi connectivity index (χ3v) is 3.97. The number of para-hydroxylation sites is 2. The number of likely N-dealkylation sites (tertiary alicyclic amines) is 1. The van der Waals surface area contributed by atoms with E-state index in [2.05, 4.69) is 17.1 Å². The first-order chi connectivity index (χ1) is 9.65. The second-order valence-corrected chi connectivity index (χ2v) is 5.29. The van der Waals surface area contributed by atoms with Crippen LogP contribution in [0.25, 0.3) is 0 Å². The molecule has 2 atom stereocenters. The maximum absolute atomic E-state index is 12.2. The number of methoxy groups -OCH3 is 1. The Morgan fingerprint density at radius 3 is 2.95 bits per heavy atom. The minimum Gasteiger partial charge on any atom is -0.495 e. The molecular weight excluding hydrogens is 254 g/mol. The van der Waals surface area contributed by atoms with Gasteiger partial charge in [0, 0.05) is 12.6 Å². The van der Waals surface area contributed by atoms with Crippen LogP contribution in [0.2, 0.25) is 0 Å². The molecule has 0 aliphatic carbocycles. The van der Waals surface area contributed by atoms with Crippen molar-refractivity contribution in [1.82, 2.24) is 4.90 Å². The highest BCUT2D eigenvalue weighted by Gasteiger charge is 2.31. The maximum Gasteiger partial charge on any atom is 0.238 e. The molecule has 1 saturated heterocycles. The fraction of sp³-hybridized carbons (Fsp3) is 0.533. The van der Waals surface area contributed by atoms with Crippen LogP contribution in [0, 0.1) is 5.92 Å². The number of nitrogens with two attached hydrogens (primary N) is 1. The Labute approximate surface area is 120 Å². The second-order valence-electron chi connectivity index (χ2n) is 5.29. The van der Waals surface area contributed by atoms with Crippen molar-refractivity contribution in [2.24, 2.45) is 11.7 Å². The van der Waals surface area contributed by atoms with Gasteiger partial charge >= 0.3 is 0 Å². The van der Waals surface area contributed by atoms with E-state index in [0.29, 0.717) is 36.5 Å². The Morgan fingerprint density at radius 1 is 1.50 bits per heavy atom. The first-order valence-corrected chi connectivity index (χ1v) is 7.02. The van der Waals surface area contributed by atoms with Gasteiger partial charge in [-0.1, -0.05) is 19.1 Å². The molecule has 1 fully saturated rings. The van der Waals surface area contributed by atoms with E-state index in [9.17, 15) is 4.79 Å². The van der Waals surface area contributed by atoms with Gasteiger partial charge in [-0.2, -0.15) is 0 Å². The third kappa shape index (κ3) is 3.29. The predicted molar refractivity (Wildman–Crippen MR) is 79.8 cm³/mol. The van der Waals surface area contributed by atoms with E-state index >= 15 is 0 Å². The van der Waals surface area contributed by atoms with E-state index < -0.39 is 0 Å². The molecule has 1 amide bonds. The first-order valence-electron chi connectivity index (χ1n) is 7.02. The zero-order valence-electron chi connectivity index (χ0n) is 12.1. The average molecular weight is 277 g/mol. The standard InChI is InChI=1S/C15H23N3O2/c1-11-7-8-18(13(11)9-16)10-15(19)17-12-5-3-4-6-14(12)20-2/h3-6,11,13H,7-10,16H2,1-2H3,(H,17,19). The van der Waals surface area contributed by atoms with Gasteiger partial charge in [0.25, 0.3) is 0 Å². The van der Waals surface area contributed by atoms with Gasteiger partial charge in [0.2, 0.25) is 5.91 Å². The quantitative estimate of drug-likeness (QED) is 0.851. The van der Waals surface area contributed by atoms with Crippen molar-refractivity contribution in [3.8, 4) is 5.75 Å². The molecule has 1 heterocycles. The van der Waals surface area contributed by atoms with Crippen LogP contribution < -0.4 is 15.8 Å². The van der Waals surface area contributed by atoms with Crippen molar-refractivity contribution in [3.63, 3.8) is 0 Å². The molecule has 1 aromatic carbocycles. The Bertz CT molecular complexity index is 464. The topological polar surface area (TPSA) is 67.6 Å². The molecule has 1 aliphatic heterocycles. The molecule has 2 rings (SSSR count). The summed E-state index contributed by atoms with van der Waals surface area (Å²) >= 11 is 0. The lowest BCUT2D eigenvalue weighted by Gasteiger charge is -2.24. The molecule has 5 nitrogen and oxygen atoms in total. The summed E-state index contributed by atoms with van der Waals surface area (Å²) in [4.78, 5) is 14.3. The van der Waals surface area contributed by atoms with Gasteiger partial charge in [-0.25, -0.2) is 0 Å². The summed E-state index contributed by atoms with van der Waals surface area (Å²) in [6.45, 7) is 4.10. The highest BCUT2D eigenvalue weighted by atomic mass is 16.5. The molecule has 3 N–H and O–H groups in total. The maximum atomic E-state index is 12.2. The van der Waals surface area contributed by atoms with Crippen LogP contribution in [0.5, 0.6) is 5.75 Å². The van der Waals surface area contributed by atoms with Crippen molar-refractivity contribution in [2.45, 2.75) is 19.4 Å². The molecule has 0 saturated carbocycles. The largest absolute Gasteiger partial charge is 0.495 e. The number of hydrogen-bond acceptors (Lipinski definition) is 4. The number of amides is 1. The monoisotopic (exact) mass is 277 g/mol. The van der Waals surface area contributed by atoms with Crippen LogP contribution in [-0.2, 0) is 4.79 Å². The van der Waals surface area contributed by atoms with Gasteiger partial charge in [0.05, 0.1) is 19.3 Å². The van der Waals surface area contributed by atoms with E-state index in [4.69, 9.17) is 10.5 Å². The molecule has 0 spiro atoms. The lowest BCUT2D eigenvalue weighted by molar-refractivity contribution is -0.117. The number of hydrogen-bond donors (Lipinski definition) is 2. The van der Waals surface area contributed by atoms with Gasteiger partial charge in [0.15, 0.2) is 0 Å². The van der Waals surface area contributed by atoms with Gasteiger partial charge in [-0.3, -0.25) is 9.69 Å². The van der Waals surface area contributed by atoms with Crippen molar-refractivity contribution in [2.75, 3.05) is 32.1 Å². The van der Waals surface area contributed by atoms with Gasteiger partial charge in [0.1, 0.15) is 5.75 Å². The number of nitrogens with zero attached hydrogens (tertiary/aromatic N) is 1. The lowest BCUT2D eigenvalue weighted by Crippen LogP contribution is -2.42. The number of ether oxygens (including phenoxy) is 1. The van der Waals surface area contributed by atoms with Crippen molar-refractivity contribution >= 4 is 11.6 Å². The number of rotatable bonds is 5. The first kappa shape index (κ1) is 14.8. The van der Waals surface area contributed by atoms with Crippen molar-refractivity contribution < 1.29 is 9.53 Å². The van der Waals surface area contributed by atoms with Crippen molar-refractivity contribution in [1.29, 1.82) is 0 Å². The lowest BCUT2D eigenvalue weighted by atomic mass is 10.0. The Kier molecular flexibility index (Phi) is 4.98.